The highest BCUT2D eigenvalue weighted by atomic mass is 16.5. The summed E-state index contributed by atoms with van der Waals surface area (Å²) in [6.07, 6.45) is 0.386. The minimum atomic E-state index is -0.00899. The first-order valence-electron chi connectivity index (χ1n) is 5.09. The van der Waals surface area contributed by atoms with Crippen LogP contribution in [-0.2, 0) is 4.79 Å². The van der Waals surface area contributed by atoms with E-state index in [1.807, 2.05) is 0 Å². The predicted molar refractivity (Wildman–Crippen MR) is 57.1 cm³/mol. The maximum atomic E-state index is 11.3. The number of rotatable bonds is 4. The van der Waals surface area contributed by atoms with Crippen LogP contribution in [0.25, 0.3) is 0 Å². The maximum Gasteiger partial charge on any atom is 0.203 e. The van der Waals surface area contributed by atoms with Crippen LogP contribution in [0.1, 0.15) is 23.7 Å². The monoisotopic (exact) mass is 220 g/mol. The summed E-state index contributed by atoms with van der Waals surface area (Å²) in [7, 11) is 0. The number of ketones is 2. The molecule has 16 heavy (non-hydrogen) atoms. The van der Waals surface area contributed by atoms with Gasteiger partial charge in [-0.2, -0.15) is 0 Å². The summed E-state index contributed by atoms with van der Waals surface area (Å²) in [6.45, 7) is 1.97. The summed E-state index contributed by atoms with van der Waals surface area (Å²) in [5.74, 6) is 1.26. The van der Waals surface area contributed by atoms with E-state index >= 15 is 0 Å². The summed E-state index contributed by atoms with van der Waals surface area (Å²) in [4.78, 5) is 22.0. The zero-order valence-corrected chi connectivity index (χ0v) is 8.99. The molecular weight excluding hydrogens is 208 g/mol. The van der Waals surface area contributed by atoms with E-state index in [9.17, 15) is 9.59 Å². The number of fused-ring (bicyclic) bond motifs is 1. The fourth-order valence-corrected chi connectivity index (χ4v) is 1.48. The Morgan fingerprint density at radius 2 is 2.31 bits per heavy atom. The molecule has 0 saturated heterocycles. The Morgan fingerprint density at radius 3 is 3.06 bits per heavy atom. The fourth-order valence-electron chi connectivity index (χ4n) is 1.48. The van der Waals surface area contributed by atoms with Gasteiger partial charge in [-0.05, 0) is 19.1 Å². The third-order valence-corrected chi connectivity index (χ3v) is 2.34. The van der Waals surface area contributed by atoms with Crippen molar-refractivity contribution in [3.63, 3.8) is 0 Å². The van der Waals surface area contributed by atoms with Crippen molar-refractivity contribution in [1.29, 1.82) is 0 Å². The quantitative estimate of drug-likeness (QED) is 0.773. The maximum absolute atomic E-state index is 11.3. The normalized spacial score (nSPS) is 13.2. The molecule has 1 aromatic carbocycles. The van der Waals surface area contributed by atoms with Crippen LogP contribution in [0.15, 0.2) is 18.2 Å². The van der Waals surface area contributed by atoms with Crippen molar-refractivity contribution < 1.29 is 19.1 Å². The van der Waals surface area contributed by atoms with E-state index in [0.717, 1.165) is 0 Å². The Bertz CT molecular complexity index is 437. The van der Waals surface area contributed by atoms with Crippen LogP contribution < -0.4 is 9.47 Å². The number of carbonyl (C=O) groups excluding carboxylic acids is 2. The molecule has 1 heterocycles. The molecule has 4 heteroatoms. The van der Waals surface area contributed by atoms with Gasteiger partial charge in [-0.3, -0.25) is 9.59 Å². The Balaban J connectivity index is 2.02. The van der Waals surface area contributed by atoms with E-state index in [-0.39, 0.29) is 18.2 Å². The van der Waals surface area contributed by atoms with Gasteiger partial charge < -0.3 is 9.47 Å². The first kappa shape index (κ1) is 10.7. The average molecular weight is 220 g/mol. The molecule has 0 fully saturated rings. The molecule has 0 spiro atoms. The molecule has 0 aliphatic carbocycles. The van der Waals surface area contributed by atoms with Gasteiger partial charge in [0.1, 0.15) is 17.3 Å². The van der Waals surface area contributed by atoms with E-state index in [1.165, 1.54) is 6.92 Å². The second-order valence-corrected chi connectivity index (χ2v) is 3.67. The predicted octanol–water partition coefficient (Wildman–Crippen LogP) is 1.62. The molecule has 0 aromatic heterocycles. The average Bonchev–Trinajstić information content (AvgIpc) is 2.60. The molecule has 0 bridgehead atoms. The zero-order chi connectivity index (χ0) is 11.5. The molecule has 0 N–H and O–H groups in total. The minimum Gasteiger partial charge on any atom is -0.493 e. The number of hydrogen-bond donors (Lipinski definition) is 0. The van der Waals surface area contributed by atoms with Crippen LogP contribution in [0, 0.1) is 0 Å². The van der Waals surface area contributed by atoms with Crippen molar-refractivity contribution in [1.82, 2.24) is 0 Å². The van der Waals surface area contributed by atoms with E-state index in [0.29, 0.717) is 30.1 Å². The molecular formula is C12H12O4. The SMILES string of the molecule is CC(=O)CCOc1ccc2c(c1)OCC2=O. The van der Waals surface area contributed by atoms with Crippen LogP contribution in [0.4, 0.5) is 0 Å². The summed E-state index contributed by atoms with van der Waals surface area (Å²) in [5, 5.41) is 0. The van der Waals surface area contributed by atoms with Gasteiger partial charge in [0.25, 0.3) is 0 Å². The van der Waals surface area contributed by atoms with Crippen LogP contribution in [0.2, 0.25) is 0 Å². The lowest BCUT2D eigenvalue weighted by atomic mass is 10.1. The van der Waals surface area contributed by atoms with Crippen molar-refractivity contribution in [2.24, 2.45) is 0 Å². The molecule has 0 saturated carbocycles. The van der Waals surface area contributed by atoms with E-state index < -0.39 is 0 Å². The molecule has 4 nitrogen and oxygen atoms in total. The molecule has 0 atom stereocenters. The lowest BCUT2D eigenvalue weighted by Gasteiger charge is -2.05. The Morgan fingerprint density at radius 1 is 1.50 bits per heavy atom. The van der Waals surface area contributed by atoms with Crippen molar-refractivity contribution >= 4 is 11.6 Å². The molecule has 0 amide bonds. The first-order valence-corrected chi connectivity index (χ1v) is 5.09. The van der Waals surface area contributed by atoms with Gasteiger partial charge in [-0.15, -0.1) is 0 Å². The van der Waals surface area contributed by atoms with E-state index in [1.54, 1.807) is 18.2 Å². The fraction of sp³-hybridized carbons (Fsp3) is 0.333. The number of carbonyl (C=O) groups is 2. The lowest BCUT2D eigenvalue weighted by Crippen LogP contribution is -2.02. The molecule has 1 aromatic rings. The van der Waals surface area contributed by atoms with Crippen molar-refractivity contribution in [2.75, 3.05) is 13.2 Å². The van der Waals surface area contributed by atoms with Gasteiger partial charge in [0.15, 0.2) is 6.61 Å². The second-order valence-electron chi connectivity index (χ2n) is 3.67. The number of hydrogen-bond acceptors (Lipinski definition) is 4. The summed E-state index contributed by atoms with van der Waals surface area (Å²) < 4.78 is 10.5. The first-order chi connectivity index (χ1) is 7.66. The van der Waals surface area contributed by atoms with E-state index in [4.69, 9.17) is 9.47 Å². The molecule has 84 valence electrons. The van der Waals surface area contributed by atoms with Gasteiger partial charge in [0.05, 0.1) is 12.2 Å². The zero-order valence-electron chi connectivity index (χ0n) is 8.99. The van der Waals surface area contributed by atoms with Crippen molar-refractivity contribution in [2.45, 2.75) is 13.3 Å². The standard InChI is InChI=1S/C12H12O4/c1-8(13)4-5-15-9-2-3-10-11(14)7-16-12(10)6-9/h2-3,6H,4-5,7H2,1H3. The lowest BCUT2D eigenvalue weighted by molar-refractivity contribution is -0.117. The molecule has 0 unspecified atom stereocenters. The van der Waals surface area contributed by atoms with Gasteiger partial charge in [-0.25, -0.2) is 0 Å². The van der Waals surface area contributed by atoms with Crippen LogP contribution in [0.3, 0.4) is 0 Å². The number of Topliss-reactive ketones (excluding diaryl/α,β-unsaturated/α-hetero) is 2. The third-order valence-electron chi connectivity index (χ3n) is 2.34. The topological polar surface area (TPSA) is 52.6 Å². The van der Waals surface area contributed by atoms with Crippen molar-refractivity contribution in [3.05, 3.63) is 23.8 Å². The van der Waals surface area contributed by atoms with Gasteiger partial charge in [0.2, 0.25) is 5.78 Å². The third kappa shape index (κ3) is 2.21. The van der Waals surface area contributed by atoms with Gasteiger partial charge in [-0.1, -0.05) is 0 Å². The molecule has 1 aliphatic heterocycles. The largest absolute Gasteiger partial charge is 0.493 e. The Hall–Kier alpha value is -1.84. The summed E-state index contributed by atoms with van der Waals surface area (Å²) >= 11 is 0. The minimum absolute atomic E-state index is 0.00899. The van der Waals surface area contributed by atoms with Crippen molar-refractivity contribution in [3.8, 4) is 11.5 Å². The smallest absolute Gasteiger partial charge is 0.203 e. The number of ether oxygens (including phenoxy) is 2. The Kier molecular flexibility index (Phi) is 2.90. The van der Waals surface area contributed by atoms with Crippen LogP contribution in [0.5, 0.6) is 11.5 Å². The summed E-state index contributed by atoms with van der Waals surface area (Å²) in [6, 6.07) is 5.08. The summed E-state index contributed by atoms with van der Waals surface area (Å²) in [5.41, 5.74) is 0.596. The highest BCUT2D eigenvalue weighted by Crippen LogP contribution is 2.29. The highest BCUT2D eigenvalue weighted by molar-refractivity contribution is 6.02. The highest BCUT2D eigenvalue weighted by Gasteiger charge is 2.21. The molecule has 2 rings (SSSR count). The van der Waals surface area contributed by atoms with Crippen LogP contribution in [-0.4, -0.2) is 24.8 Å². The Labute approximate surface area is 93.2 Å². The van der Waals surface area contributed by atoms with E-state index in [2.05, 4.69) is 0 Å². The molecule has 1 aliphatic rings. The van der Waals surface area contributed by atoms with Gasteiger partial charge in [0, 0.05) is 12.5 Å². The molecule has 0 radical (unpaired) electrons. The van der Waals surface area contributed by atoms with Gasteiger partial charge >= 0.3 is 0 Å². The second kappa shape index (κ2) is 4.35. The number of benzene rings is 1. The van der Waals surface area contributed by atoms with Crippen LogP contribution >= 0.6 is 0 Å².